The van der Waals surface area contributed by atoms with Crippen LogP contribution in [0.3, 0.4) is 0 Å². The van der Waals surface area contributed by atoms with E-state index in [1.54, 1.807) is 0 Å². The number of amides is 5. The number of hydroxylamine groups is 2. The minimum Gasteiger partial charge on any atom is -0.330 e. The van der Waals surface area contributed by atoms with Gasteiger partial charge in [0.2, 0.25) is 5.91 Å². The lowest BCUT2D eigenvalue weighted by molar-refractivity contribution is -0.197. The summed E-state index contributed by atoms with van der Waals surface area (Å²) in [5.74, 6) is -3.09. The average molecular weight is 468 g/mol. The van der Waals surface area contributed by atoms with Gasteiger partial charge in [-0.05, 0) is 24.8 Å². The molecule has 0 saturated carbocycles. The molecule has 178 valence electrons. The van der Waals surface area contributed by atoms with Crippen molar-refractivity contribution in [1.29, 1.82) is 0 Å². The van der Waals surface area contributed by atoms with Crippen molar-refractivity contribution in [3.8, 4) is 0 Å². The normalized spacial score (nSPS) is 15.9. The van der Waals surface area contributed by atoms with Crippen molar-refractivity contribution in [2.75, 3.05) is 6.54 Å². The Kier molecular flexibility index (Phi) is 8.38. The predicted molar refractivity (Wildman–Crippen MR) is 117 cm³/mol. The smallest absolute Gasteiger partial charge is 0.330 e. The lowest BCUT2D eigenvalue weighted by Crippen LogP contribution is -2.34. The summed E-state index contributed by atoms with van der Waals surface area (Å²) >= 11 is 0. The highest BCUT2D eigenvalue weighted by atomic mass is 16.7. The molecule has 0 atom stereocenters. The quantitative estimate of drug-likeness (QED) is 0.221. The molecule has 11 nitrogen and oxygen atoms in total. The first kappa shape index (κ1) is 24.5. The van der Waals surface area contributed by atoms with Crippen LogP contribution in [0.1, 0.15) is 50.5 Å². The second kappa shape index (κ2) is 11.6. The largest absolute Gasteiger partial charge is 0.333 e. The first-order valence-electron chi connectivity index (χ1n) is 10.9. The van der Waals surface area contributed by atoms with Gasteiger partial charge in [0.25, 0.3) is 23.6 Å². The molecule has 0 unspecified atom stereocenters. The second-order valence-corrected chi connectivity index (χ2v) is 7.62. The van der Waals surface area contributed by atoms with Crippen molar-refractivity contribution in [3.63, 3.8) is 0 Å². The molecule has 5 amide bonds. The van der Waals surface area contributed by atoms with Crippen LogP contribution in [0.25, 0.3) is 0 Å². The van der Waals surface area contributed by atoms with Crippen molar-refractivity contribution in [2.45, 2.75) is 44.9 Å². The monoisotopic (exact) mass is 468 g/mol. The van der Waals surface area contributed by atoms with E-state index in [2.05, 4.69) is 10.5 Å². The number of hydrogen-bond acceptors (Lipinski definition) is 8. The number of carbonyl (C=O) groups is 6. The molecule has 1 aromatic rings. The molecule has 0 bridgehead atoms. The van der Waals surface area contributed by atoms with Gasteiger partial charge in [0.1, 0.15) is 0 Å². The van der Waals surface area contributed by atoms with Crippen molar-refractivity contribution in [1.82, 2.24) is 15.4 Å². The Balaban J connectivity index is 1.48. The molecular formula is C23H24N4O7. The van der Waals surface area contributed by atoms with Gasteiger partial charge >= 0.3 is 5.97 Å². The maximum atomic E-state index is 12.2. The van der Waals surface area contributed by atoms with E-state index in [0.717, 1.165) is 22.6 Å². The molecule has 11 heteroatoms. The standard InChI is InChI=1S/C23H24N4O7/c28-18(14-15-26-19(29)10-11-20(26)30)25-24-17(16-6-2-1-3-7-16)8-4-5-9-23(33)34-27-21(31)12-13-22(27)32/h1-3,6-7,10-11H,4-5,8-9,12-15H2,(H,25,28)/b24-17-. The van der Waals surface area contributed by atoms with Gasteiger partial charge in [0.05, 0.1) is 5.71 Å². The van der Waals surface area contributed by atoms with Crippen LogP contribution in [-0.4, -0.2) is 57.7 Å². The molecule has 2 aliphatic heterocycles. The van der Waals surface area contributed by atoms with Crippen LogP contribution < -0.4 is 5.43 Å². The van der Waals surface area contributed by atoms with Crippen LogP contribution in [0.2, 0.25) is 0 Å². The summed E-state index contributed by atoms with van der Waals surface area (Å²) in [6, 6.07) is 9.15. The van der Waals surface area contributed by atoms with Crippen molar-refractivity contribution in [2.24, 2.45) is 5.10 Å². The Morgan fingerprint density at radius 3 is 2.15 bits per heavy atom. The Bertz CT molecular complexity index is 1010. The van der Waals surface area contributed by atoms with Gasteiger partial charge in [-0.25, -0.2) is 10.2 Å². The van der Waals surface area contributed by atoms with Crippen LogP contribution in [0.4, 0.5) is 0 Å². The zero-order valence-electron chi connectivity index (χ0n) is 18.4. The average Bonchev–Trinajstić information content (AvgIpc) is 3.32. The zero-order chi connectivity index (χ0) is 24.5. The molecule has 0 radical (unpaired) electrons. The second-order valence-electron chi connectivity index (χ2n) is 7.62. The van der Waals surface area contributed by atoms with Crippen LogP contribution in [0.15, 0.2) is 47.6 Å². The molecule has 2 heterocycles. The molecule has 3 rings (SSSR count). The van der Waals surface area contributed by atoms with E-state index in [9.17, 15) is 28.8 Å². The summed E-state index contributed by atoms with van der Waals surface area (Å²) < 4.78 is 0. The third-order valence-electron chi connectivity index (χ3n) is 5.13. The number of hydrogen-bond donors (Lipinski definition) is 1. The first-order valence-corrected chi connectivity index (χ1v) is 10.9. The fraction of sp³-hybridized carbons (Fsp3) is 0.348. The summed E-state index contributed by atoms with van der Waals surface area (Å²) in [5.41, 5.74) is 3.82. The maximum Gasteiger partial charge on any atom is 0.333 e. The Morgan fingerprint density at radius 1 is 0.882 bits per heavy atom. The highest BCUT2D eigenvalue weighted by molar-refractivity contribution is 6.13. The number of imide groups is 2. The minimum absolute atomic E-state index is 0.0113. The number of unbranched alkanes of at least 4 members (excludes halogenated alkanes) is 1. The minimum atomic E-state index is -0.671. The van der Waals surface area contributed by atoms with Gasteiger partial charge in [0, 0.05) is 44.4 Å². The van der Waals surface area contributed by atoms with Crippen LogP contribution >= 0.6 is 0 Å². The van der Waals surface area contributed by atoms with E-state index in [-0.39, 0.29) is 32.2 Å². The van der Waals surface area contributed by atoms with Crippen molar-refractivity contribution >= 4 is 41.2 Å². The molecule has 1 fully saturated rings. The third kappa shape index (κ3) is 6.67. The Hall–Kier alpha value is -4.15. The number of hydrazone groups is 1. The third-order valence-corrected chi connectivity index (χ3v) is 5.13. The summed E-state index contributed by atoms with van der Waals surface area (Å²) in [4.78, 5) is 76.1. The number of benzene rings is 1. The van der Waals surface area contributed by atoms with Crippen molar-refractivity contribution < 1.29 is 33.6 Å². The fourth-order valence-electron chi connectivity index (χ4n) is 3.31. The number of carbonyl (C=O) groups excluding carboxylic acids is 6. The zero-order valence-corrected chi connectivity index (χ0v) is 18.4. The fourth-order valence-corrected chi connectivity index (χ4v) is 3.31. The van der Waals surface area contributed by atoms with E-state index in [4.69, 9.17) is 4.84 Å². The van der Waals surface area contributed by atoms with Crippen molar-refractivity contribution in [3.05, 3.63) is 48.0 Å². The van der Waals surface area contributed by atoms with Crippen LogP contribution in [-0.2, 0) is 33.6 Å². The van der Waals surface area contributed by atoms with Gasteiger partial charge in [-0.2, -0.15) is 5.10 Å². The van der Waals surface area contributed by atoms with Crippen LogP contribution in [0.5, 0.6) is 0 Å². The van der Waals surface area contributed by atoms with Gasteiger partial charge in [-0.3, -0.25) is 28.9 Å². The van der Waals surface area contributed by atoms with E-state index >= 15 is 0 Å². The number of nitrogens with zero attached hydrogens (tertiary/aromatic N) is 3. The molecule has 1 aromatic carbocycles. The maximum absolute atomic E-state index is 12.2. The molecule has 1 saturated heterocycles. The highest BCUT2D eigenvalue weighted by Crippen LogP contribution is 2.14. The molecule has 1 N–H and O–H groups in total. The topological polar surface area (TPSA) is 143 Å². The van der Waals surface area contributed by atoms with Gasteiger partial charge in [-0.15, -0.1) is 5.06 Å². The molecule has 2 aliphatic rings. The lowest BCUT2D eigenvalue weighted by Gasteiger charge is -2.13. The lowest BCUT2D eigenvalue weighted by atomic mass is 10.0. The SMILES string of the molecule is O=C(CCN1C(=O)C=CC1=O)N/N=C(/CCCCC(=O)ON1C(=O)CCC1=O)c1ccccc1. The van der Waals surface area contributed by atoms with Gasteiger partial charge in [0.15, 0.2) is 0 Å². The summed E-state index contributed by atoms with van der Waals surface area (Å²) in [5, 5.41) is 4.72. The molecular weight excluding hydrogens is 444 g/mol. The molecule has 0 aromatic heterocycles. The van der Waals surface area contributed by atoms with Crippen LogP contribution in [0, 0.1) is 0 Å². The van der Waals surface area contributed by atoms with Gasteiger partial charge in [-0.1, -0.05) is 30.3 Å². The van der Waals surface area contributed by atoms with E-state index in [1.807, 2.05) is 30.3 Å². The van der Waals surface area contributed by atoms with Gasteiger partial charge < -0.3 is 4.84 Å². The Morgan fingerprint density at radius 2 is 1.50 bits per heavy atom. The first-order chi connectivity index (χ1) is 16.3. The number of nitrogens with one attached hydrogen (secondary N) is 1. The molecule has 0 spiro atoms. The molecule has 34 heavy (non-hydrogen) atoms. The van der Waals surface area contributed by atoms with E-state index < -0.39 is 35.5 Å². The molecule has 0 aliphatic carbocycles. The highest BCUT2D eigenvalue weighted by Gasteiger charge is 2.32. The summed E-state index contributed by atoms with van der Waals surface area (Å²) in [6.07, 6.45) is 3.69. The predicted octanol–water partition coefficient (Wildman–Crippen LogP) is 0.990. The van der Waals surface area contributed by atoms with E-state index in [1.165, 1.54) is 0 Å². The Labute approximate surface area is 195 Å². The summed E-state index contributed by atoms with van der Waals surface area (Å²) in [6.45, 7) is -0.0448. The van der Waals surface area contributed by atoms with E-state index in [0.29, 0.717) is 30.0 Å². The summed E-state index contributed by atoms with van der Waals surface area (Å²) in [7, 11) is 0. The number of rotatable bonds is 11.